The quantitative estimate of drug-likeness (QED) is 0.510. The Hall–Kier alpha value is -3.00. The summed E-state index contributed by atoms with van der Waals surface area (Å²) in [5, 5.41) is 11.4. The van der Waals surface area contributed by atoms with Gasteiger partial charge in [0.15, 0.2) is 11.6 Å². The first-order chi connectivity index (χ1) is 16.4. The molecule has 4 rings (SSSR count). The number of aliphatic hydroxyl groups excluding tert-OH is 1. The van der Waals surface area contributed by atoms with E-state index in [0.717, 1.165) is 23.3 Å². The lowest BCUT2D eigenvalue weighted by Crippen LogP contribution is -2.42. The van der Waals surface area contributed by atoms with E-state index in [4.69, 9.17) is 16.3 Å². The van der Waals surface area contributed by atoms with E-state index < -0.39 is 29.9 Å². The molecule has 1 heterocycles. The number of aliphatic hydroxyl groups is 1. The number of hydrogen-bond acceptors (Lipinski definition) is 4. The van der Waals surface area contributed by atoms with Gasteiger partial charge >= 0.3 is 6.09 Å². The van der Waals surface area contributed by atoms with Gasteiger partial charge in [0.05, 0.1) is 18.7 Å². The fourth-order valence-electron chi connectivity index (χ4n) is 4.12. The maximum absolute atomic E-state index is 13.8. The van der Waals surface area contributed by atoms with Crippen LogP contribution in [0.5, 0.6) is 0 Å². The van der Waals surface area contributed by atoms with Crippen LogP contribution in [0.2, 0.25) is 5.02 Å². The lowest BCUT2D eigenvalue weighted by molar-refractivity contribution is 0.0727. The van der Waals surface area contributed by atoms with Crippen LogP contribution in [-0.4, -0.2) is 46.2 Å². The molecule has 0 unspecified atom stereocenters. The molecule has 178 valence electrons. The molecule has 1 saturated heterocycles. The zero-order valence-corrected chi connectivity index (χ0v) is 19.2. The van der Waals surface area contributed by atoms with Gasteiger partial charge in [-0.15, -0.1) is 0 Å². The molecule has 1 N–H and O–H groups in total. The van der Waals surface area contributed by atoms with E-state index in [9.17, 15) is 18.7 Å². The molecule has 1 fully saturated rings. The van der Waals surface area contributed by atoms with Gasteiger partial charge in [0.2, 0.25) is 0 Å². The van der Waals surface area contributed by atoms with E-state index in [2.05, 4.69) is 0 Å². The predicted molar refractivity (Wildman–Crippen MR) is 125 cm³/mol. The maximum Gasteiger partial charge on any atom is 0.410 e. The van der Waals surface area contributed by atoms with Crippen LogP contribution in [0.4, 0.5) is 13.6 Å². The fraction of sp³-hybridized carbons (Fsp3) is 0.269. The molecule has 0 saturated carbocycles. The van der Waals surface area contributed by atoms with Crippen molar-refractivity contribution in [3.05, 3.63) is 106 Å². The second-order valence-electron chi connectivity index (χ2n) is 8.36. The Labute approximate surface area is 202 Å². The topological polar surface area (TPSA) is 53.0 Å². The standard InChI is InChI=1S/C26H25ClF2N2O3/c27-21-8-4-7-19(11-21)13-30(14-20-9-10-22(28)23(29)12-20)24-15-31(16-25(24)32)26(33)34-17-18-5-2-1-3-6-18/h1-12,24-25,32H,13-17H2/t24-,25-/m1/s1. The molecule has 0 aromatic heterocycles. The molecular formula is C26H25ClF2N2O3. The molecule has 1 aliphatic rings. The van der Waals surface area contributed by atoms with Gasteiger partial charge in [0.25, 0.3) is 0 Å². The molecular weight excluding hydrogens is 462 g/mol. The van der Waals surface area contributed by atoms with E-state index >= 15 is 0 Å². The minimum atomic E-state index is -0.932. The number of nitrogens with zero attached hydrogens (tertiary/aromatic N) is 2. The highest BCUT2D eigenvalue weighted by Gasteiger charge is 2.38. The molecule has 1 amide bonds. The highest BCUT2D eigenvalue weighted by Crippen LogP contribution is 2.24. The average Bonchev–Trinajstić information content (AvgIpc) is 3.22. The number of benzene rings is 3. The van der Waals surface area contributed by atoms with Crippen molar-refractivity contribution < 1.29 is 23.4 Å². The normalized spacial score (nSPS) is 17.9. The number of rotatable bonds is 7. The van der Waals surface area contributed by atoms with Gasteiger partial charge in [-0.05, 0) is 41.0 Å². The molecule has 0 radical (unpaired) electrons. The lowest BCUT2D eigenvalue weighted by Gasteiger charge is -2.31. The van der Waals surface area contributed by atoms with Crippen LogP contribution in [0.3, 0.4) is 0 Å². The van der Waals surface area contributed by atoms with Crippen molar-refractivity contribution in [2.45, 2.75) is 31.8 Å². The summed E-state index contributed by atoms with van der Waals surface area (Å²) < 4.78 is 32.7. The van der Waals surface area contributed by atoms with Crippen LogP contribution in [-0.2, 0) is 24.4 Å². The monoisotopic (exact) mass is 486 g/mol. The van der Waals surface area contributed by atoms with Gasteiger partial charge in [-0.1, -0.05) is 60.1 Å². The van der Waals surface area contributed by atoms with E-state index in [1.54, 1.807) is 6.07 Å². The third kappa shape index (κ3) is 6.11. The molecule has 0 bridgehead atoms. The number of β-amino-alcohol motifs (C(OH)–C–C–N with tert-alkyl or cyclic N) is 1. The van der Waals surface area contributed by atoms with Crippen molar-refractivity contribution >= 4 is 17.7 Å². The lowest BCUT2D eigenvalue weighted by atomic mass is 10.1. The highest BCUT2D eigenvalue weighted by molar-refractivity contribution is 6.30. The summed E-state index contributed by atoms with van der Waals surface area (Å²) in [5.74, 6) is -1.85. The van der Waals surface area contributed by atoms with Crippen molar-refractivity contribution in [1.29, 1.82) is 0 Å². The fourth-order valence-corrected chi connectivity index (χ4v) is 4.33. The van der Waals surface area contributed by atoms with Gasteiger partial charge in [-0.25, -0.2) is 13.6 Å². The minimum Gasteiger partial charge on any atom is -0.445 e. The smallest absolute Gasteiger partial charge is 0.410 e. The first-order valence-electron chi connectivity index (χ1n) is 10.9. The number of halogens is 3. The number of ether oxygens (including phenoxy) is 1. The van der Waals surface area contributed by atoms with E-state index in [1.165, 1.54) is 11.0 Å². The summed E-state index contributed by atoms with van der Waals surface area (Å²) in [6.07, 6.45) is -1.35. The Morgan fingerprint density at radius 2 is 1.65 bits per heavy atom. The zero-order valence-electron chi connectivity index (χ0n) is 18.4. The van der Waals surface area contributed by atoms with Crippen LogP contribution >= 0.6 is 11.6 Å². The van der Waals surface area contributed by atoms with Crippen LogP contribution in [0, 0.1) is 11.6 Å². The van der Waals surface area contributed by atoms with E-state index in [1.807, 2.05) is 53.4 Å². The number of carbonyl (C=O) groups is 1. The average molecular weight is 487 g/mol. The van der Waals surface area contributed by atoms with Crippen molar-refractivity contribution in [1.82, 2.24) is 9.80 Å². The second kappa shape index (κ2) is 11.0. The molecule has 5 nitrogen and oxygen atoms in total. The van der Waals surface area contributed by atoms with Crippen molar-refractivity contribution in [3.63, 3.8) is 0 Å². The number of likely N-dealkylation sites (tertiary alicyclic amines) is 1. The van der Waals surface area contributed by atoms with Crippen LogP contribution in [0.25, 0.3) is 0 Å². The Morgan fingerprint density at radius 3 is 2.35 bits per heavy atom. The van der Waals surface area contributed by atoms with Crippen molar-refractivity contribution in [2.24, 2.45) is 0 Å². The largest absolute Gasteiger partial charge is 0.445 e. The van der Waals surface area contributed by atoms with Gasteiger partial charge in [-0.3, -0.25) is 4.90 Å². The molecule has 3 aromatic carbocycles. The van der Waals surface area contributed by atoms with Crippen LogP contribution < -0.4 is 0 Å². The van der Waals surface area contributed by atoms with E-state index in [0.29, 0.717) is 17.1 Å². The predicted octanol–water partition coefficient (Wildman–Crippen LogP) is 5.00. The number of hydrogen-bond donors (Lipinski definition) is 1. The van der Waals surface area contributed by atoms with Gasteiger partial charge in [0.1, 0.15) is 6.61 Å². The zero-order chi connectivity index (χ0) is 24.1. The molecule has 8 heteroatoms. The molecule has 0 aliphatic carbocycles. The minimum absolute atomic E-state index is 0.113. The Bertz CT molecular complexity index is 1130. The Kier molecular flexibility index (Phi) is 7.77. The van der Waals surface area contributed by atoms with E-state index in [-0.39, 0.29) is 26.2 Å². The summed E-state index contributed by atoms with van der Waals surface area (Å²) in [6, 6.07) is 20.0. The molecule has 0 spiro atoms. The third-order valence-electron chi connectivity index (χ3n) is 5.84. The van der Waals surface area contributed by atoms with Gasteiger partial charge in [-0.2, -0.15) is 0 Å². The number of carbonyl (C=O) groups excluding carboxylic acids is 1. The van der Waals surface area contributed by atoms with Crippen molar-refractivity contribution in [3.8, 4) is 0 Å². The molecule has 3 aromatic rings. The van der Waals surface area contributed by atoms with Crippen molar-refractivity contribution in [2.75, 3.05) is 13.1 Å². The Balaban J connectivity index is 1.48. The summed E-state index contributed by atoms with van der Waals surface area (Å²) in [4.78, 5) is 16.0. The molecule has 2 atom stereocenters. The van der Waals surface area contributed by atoms with Crippen LogP contribution in [0.15, 0.2) is 72.8 Å². The third-order valence-corrected chi connectivity index (χ3v) is 6.07. The summed E-state index contributed by atoms with van der Waals surface area (Å²) in [6.45, 7) is 1.13. The summed E-state index contributed by atoms with van der Waals surface area (Å²) >= 11 is 6.14. The maximum atomic E-state index is 13.8. The van der Waals surface area contributed by atoms with Gasteiger partial charge in [0, 0.05) is 24.7 Å². The summed E-state index contributed by atoms with van der Waals surface area (Å²) in [5.41, 5.74) is 2.32. The molecule has 1 aliphatic heterocycles. The Morgan fingerprint density at radius 1 is 0.941 bits per heavy atom. The van der Waals surface area contributed by atoms with Gasteiger partial charge < -0.3 is 14.7 Å². The second-order valence-corrected chi connectivity index (χ2v) is 8.80. The highest BCUT2D eigenvalue weighted by atomic mass is 35.5. The first-order valence-corrected chi connectivity index (χ1v) is 11.3. The summed E-state index contributed by atoms with van der Waals surface area (Å²) in [7, 11) is 0. The van der Waals surface area contributed by atoms with Crippen LogP contribution in [0.1, 0.15) is 16.7 Å². The SMILES string of the molecule is O=C(OCc1ccccc1)N1C[C@@H](O)[C@H](N(Cc2cccc(Cl)c2)Cc2ccc(F)c(F)c2)C1. The first kappa shape index (κ1) is 24.1. The molecule has 34 heavy (non-hydrogen) atoms. The number of amides is 1.